The Morgan fingerprint density at radius 2 is 1.59 bits per heavy atom. The van der Waals surface area contributed by atoms with Gasteiger partial charge in [-0.15, -0.1) is 0 Å². The van der Waals surface area contributed by atoms with Gasteiger partial charge in [-0.2, -0.15) is 0 Å². The highest BCUT2D eigenvalue weighted by Crippen LogP contribution is 2.48. The molecule has 0 saturated carbocycles. The van der Waals surface area contributed by atoms with Crippen molar-refractivity contribution < 1.29 is 24.2 Å². The van der Waals surface area contributed by atoms with Gasteiger partial charge in [-0.25, -0.2) is 9.89 Å². The first-order valence-electron chi connectivity index (χ1n) is 13.7. The Bertz CT molecular complexity index is 1600. The molecule has 2 aliphatic rings. The van der Waals surface area contributed by atoms with Crippen molar-refractivity contribution in [2.75, 3.05) is 18.1 Å². The lowest BCUT2D eigenvalue weighted by molar-refractivity contribution is -0.131. The molecule has 2 amide bonds. The van der Waals surface area contributed by atoms with Crippen molar-refractivity contribution in [2.24, 2.45) is 4.99 Å². The van der Waals surface area contributed by atoms with Crippen LogP contribution in [0.3, 0.4) is 0 Å². The second-order valence-electron chi connectivity index (χ2n) is 10.2. The zero-order valence-corrected chi connectivity index (χ0v) is 22.7. The summed E-state index contributed by atoms with van der Waals surface area (Å²) in [5.74, 6) is 0.224. The van der Waals surface area contributed by atoms with E-state index in [2.05, 4.69) is 0 Å². The van der Waals surface area contributed by atoms with Crippen LogP contribution in [0.5, 0.6) is 5.75 Å². The van der Waals surface area contributed by atoms with Crippen molar-refractivity contribution in [1.82, 2.24) is 0 Å². The molecule has 4 aromatic rings. The first kappa shape index (κ1) is 26.5. The zero-order chi connectivity index (χ0) is 28.4. The maximum absolute atomic E-state index is 14.3. The maximum Gasteiger partial charge on any atom is 0.266 e. The number of fused-ring (bicyclic) bond motifs is 1. The molecule has 0 bridgehead atoms. The Morgan fingerprint density at radius 3 is 2.29 bits per heavy atom. The molecular formula is C34H30N2O5. The van der Waals surface area contributed by atoms with Gasteiger partial charge in [-0.3, -0.25) is 9.59 Å². The van der Waals surface area contributed by atoms with Crippen LogP contribution >= 0.6 is 0 Å². The van der Waals surface area contributed by atoms with Crippen molar-refractivity contribution in [3.8, 4) is 16.9 Å². The summed E-state index contributed by atoms with van der Waals surface area (Å²) < 4.78 is 12.2. The summed E-state index contributed by atoms with van der Waals surface area (Å²) in [7, 11) is 0. The van der Waals surface area contributed by atoms with E-state index < -0.39 is 17.6 Å². The average Bonchev–Trinajstić information content (AvgIpc) is 3.38. The molecule has 0 saturated heterocycles. The van der Waals surface area contributed by atoms with E-state index in [1.165, 1.54) is 11.8 Å². The molecule has 41 heavy (non-hydrogen) atoms. The molecule has 0 radical (unpaired) electrons. The smallest absolute Gasteiger partial charge is 0.266 e. The number of anilines is 1. The van der Waals surface area contributed by atoms with E-state index in [0.717, 1.165) is 22.3 Å². The Kier molecular flexibility index (Phi) is 7.12. The lowest BCUT2D eigenvalue weighted by atomic mass is 9.78. The molecule has 7 heteroatoms. The van der Waals surface area contributed by atoms with Crippen LogP contribution < -0.4 is 9.64 Å². The summed E-state index contributed by atoms with van der Waals surface area (Å²) in [4.78, 5) is 33.3. The van der Waals surface area contributed by atoms with E-state index >= 15 is 0 Å². The lowest BCUT2D eigenvalue weighted by Crippen LogP contribution is -2.56. The third kappa shape index (κ3) is 4.89. The van der Waals surface area contributed by atoms with Gasteiger partial charge in [0, 0.05) is 31.9 Å². The fraction of sp³-hybridized carbons (Fsp3) is 0.206. The predicted octanol–water partition coefficient (Wildman–Crippen LogP) is 5.51. The normalized spacial score (nSPS) is 19.5. The van der Waals surface area contributed by atoms with Crippen molar-refractivity contribution in [1.29, 1.82) is 0 Å². The molecule has 7 nitrogen and oxygen atoms in total. The number of nitrogens with zero attached hydrogens (tertiary/aromatic N) is 2. The molecule has 0 aromatic heterocycles. The second-order valence-corrected chi connectivity index (χ2v) is 10.2. The molecule has 1 N–H and O–H groups in total. The summed E-state index contributed by atoms with van der Waals surface area (Å²) in [5, 5.41) is 9.02. The van der Waals surface area contributed by atoms with E-state index in [1.807, 2.05) is 97.1 Å². The van der Waals surface area contributed by atoms with E-state index in [9.17, 15) is 9.59 Å². The van der Waals surface area contributed by atoms with Gasteiger partial charge in [-0.1, -0.05) is 72.8 Å². The Morgan fingerprint density at radius 1 is 0.927 bits per heavy atom. The standard InChI is InChI=1S/C34H30N2O5/c1-23(38)36-30-11-6-5-10-28(30)22-34(33(36)39)31(26-14-12-25(13-15-26)24-8-3-2-4-9-24)41-32(35-34)27-16-18-29(19-17-27)40-21-7-20-37/h2-6,8-19,31,37H,7,20-22H2,1H3/t31-,34-/m1/s1. The van der Waals surface area contributed by atoms with Crippen LogP contribution in [0, 0.1) is 0 Å². The first-order chi connectivity index (χ1) is 20.0. The van der Waals surface area contributed by atoms with Gasteiger partial charge < -0.3 is 14.6 Å². The first-order valence-corrected chi connectivity index (χ1v) is 13.7. The number of rotatable bonds is 7. The Balaban J connectivity index is 1.41. The van der Waals surface area contributed by atoms with Crippen LogP contribution in [0.15, 0.2) is 108 Å². The molecule has 2 heterocycles. The van der Waals surface area contributed by atoms with E-state index in [1.54, 1.807) is 6.07 Å². The molecule has 6 rings (SSSR count). The lowest BCUT2D eigenvalue weighted by Gasteiger charge is -2.39. The number of hydrogen-bond acceptors (Lipinski definition) is 6. The van der Waals surface area contributed by atoms with Gasteiger partial charge in [0.25, 0.3) is 5.91 Å². The summed E-state index contributed by atoms with van der Waals surface area (Å²) in [6, 6.07) is 32.8. The minimum atomic E-state index is -1.36. The highest BCUT2D eigenvalue weighted by molar-refractivity contribution is 6.20. The number of carbonyl (C=O) groups excluding carboxylic acids is 2. The number of imide groups is 1. The number of ether oxygens (including phenoxy) is 2. The van der Waals surface area contributed by atoms with Crippen LogP contribution in [0.1, 0.15) is 36.1 Å². The fourth-order valence-electron chi connectivity index (χ4n) is 5.53. The SMILES string of the molecule is CC(=O)N1C(=O)[C@]2(Cc3ccccc31)N=C(c1ccc(OCCCO)cc1)O[C@@H]2c1ccc(-c2ccccc2)cc1. The van der Waals surface area contributed by atoms with Crippen molar-refractivity contribution in [3.63, 3.8) is 0 Å². The maximum atomic E-state index is 14.3. The van der Waals surface area contributed by atoms with Gasteiger partial charge in [0.05, 0.1) is 12.3 Å². The number of hydrogen-bond donors (Lipinski definition) is 1. The largest absolute Gasteiger partial charge is 0.494 e. The van der Waals surface area contributed by atoms with E-state index in [4.69, 9.17) is 19.6 Å². The Labute approximate surface area is 238 Å². The topological polar surface area (TPSA) is 88.4 Å². The summed E-state index contributed by atoms with van der Waals surface area (Å²) >= 11 is 0. The molecular weight excluding hydrogens is 516 g/mol. The van der Waals surface area contributed by atoms with Crippen molar-refractivity contribution >= 4 is 23.4 Å². The van der Waals surface area contributed by atoms with Gasteiger partial charge >= 0.3 is 0 Å². The van der Waals surface area contributed by atoms with Gasteiger partial charge in [0.2, 0.25) is 11.8 Å². The molecule has 4 aromatic carbocycles. The average molecular weight is 547 g/mol. The summed E-state index contributed by atoms with van der Waals surface area (Å²) in [6.45, 7) is 1.87. The van der Waals surface area contributed by atoms with Crippen molar-refractivity contribution in [2.45, 2.75) is 31.4 Å². The van der Waals surface area contributed by atoms with Crippen molar-refractivity contribution in [3.05, 3.63) is 120 Å². The summed E-state index contributed by atoms with van der Waals surface area (Å²) in [6.07, 6.45) is 0.0922. The minimum Gasteiger partial charge on any atom is -0.494 e. The molecule has 0 aliphatic carbocycles. The number of aliphatic hydroxyl groups is 1. The quantitative estimate of drug-likeness (QED) is 0.309. The fourth-order valence-corrected chi connectivity index (χ4v) is 5.53. The molecule has 206 valence electrons. The van der Waals surface area contributed by atoms with Crippen LogP contribution in [-0.4, -0.2) is 41.6 Å². The number of aliphatic imine (C=N–C) groups is 1. The minimum absolute atomic E-state index is 0.0625. The third-order valence-corrected chi connectivity index (χ3v) is 7.54. The van der Waals surface area contributed by atoms with E-state index in [-0.39, 0.29) is 12.5 Å². The highest BCUT2D eigenvalue weighted by atomic mass is 16.5. The molecule has 2 aliphatic heterocycles. The van der Waals surface area contributed by atoms with Crippen LogP contribution in [0.25, 0.3) is 11.1 Å². The summed E-state index contributed by atoms with van der Waals surface area (Å²) in [5.41, 5.74) is 3.71. The number of carbonyl (C=O) groups is 2. The Hall–Kier alpha value is -4.75. The highest BCUT2D eigenvalue weighted by Gasteiger charge is 2.58. The zero-order valence-electron chi connectivity index (χ0n) is 22.7. The van der Waals surface area contributed by atoms with Gasteiger partial charge in [0.15, 0.2) is 11.6 Å². The predicted molar refractivity (Wildman–Crippen MR) is 157 cm³/mol. The van der Waals surface area contributed by atoms with Crippen LogP contribution in [0.2, 0.25) is 0 Å². The third-order valence-electron chi connectivity index (χ3n) is 7.54. The monoisotopic (exact) mass is 546 g/mol. The molecule has 2 atom stereocenters. The molecule has 0 unspecified atom stereocenters. The van der Waals surface area contributed by atoms with Crippen LogP contribution in [0.4, 0.5) is 5.69 Å². The van der Waals surface area contributed by atoms with Gasteiger partial charge in [-0.05, 0) is 52.6 Å². The molecule has 0 fully saturated rings. The number of amides is 2. The van der Waals surface area contributed by atoms with E-state index in [0.29, 0.717) is 42.3 Å². The van der Waals surface area contributed by atoms with Crippen LogP contribution in [-0.2, 0) is 20.7 Å². The second kappa shape index (κ2) is 11.0. The number of benzene rings is 4. The number of aliphatic hydroxyl groups excluding tert-OH is 1. The number of para-hydroxylation sites is 1. The van der Waals surface area contributed by atoms with Gasteiger partial charge in [0.1, 0.15) is 5.75 Å². The molecule has 1 spiro atoms.